The van der Waals surface area contributed by atoms with E-state index >= 15 is 0 Å². The van der Waals surface area contributed by atoms with E-state index in [1.807, 2.05) is 0 Å². The second-order valence-corrected chi connectivity index (χ2v) is 4.17. The smallest absolute Gasteiger partial charge is 0.224 e. The third-order valence-corrected chi connectivity index (χ3v) is 2.91. The summed E-state index contributed by atoms with van der Waals surface area (Å²) in [7, 11) is 0. The Morgan fingerprint density at radius 2 is 2.17 bits per heavy atom. The number of nitrogens with one attached hydrogen (secondary N) is 1. The minimum atomic E-state index is -1.08. The molecule has 1 N–H and O–H groups in total. The molecule has 2 unspecified atom stereocenters. The van der Waals surface area contributed by atoms with Gasteiger partial charge >= 0.3 is 0 Å². The predicted octanol–water partition coefficient (Wildman–Crippen LogP) is 1.46. The molecule has 0 bridgehead atoms. The number of rotatable bonds is 2. The summed E-state index contributed by atoms with van der Waals surface area (Å²) in [6.45, 7) is 0.685. The molecule has 1 aromatic heterocycles. The summed E-state index contributed by atoms with van der Waals surface area (Å²) in [4.78, 5) is 7.96. The number of fused-ring (bicyclic) bond motifs is 1. The van der Waals surface area contributed by atoms with Gasteiger partial charge in [-0.3, -0.25) is 0 Å². The number of benzene rings is 1. The number of hydrogen-bond acceptors (Lipinski definition) is 4. The van der Waals surface area contributed by atoms with Crippen molar-refractivity contribution in [1.82, 2.24) is 15.3 Å². The van der Waals surface area contributed by atoms with E-state index in [2.05, 4.69) is 15.3 Å². The van der Waals surface area contributed by atoms with Gasteiger partial charge in [0.15, 0.2) is 6.17 Å². The Hall–Kier alpha value is -1.82. The SMILES string of the molecule is Fc1ccc2ncnc(OC3CNCC3F)c2c1. The Morgan fingerprint density at radius 3 is 2.94 bits per heavy atom. The standard InChI is InChI=1S/C12H11F2N3O/c13-7-1-2-10-8(3-7)12(17-6-16-10)18-11-5-15-4-9(11)14/h1-3,6,9,11,15H,4-5H2. The molecule has 2 aromatic rings. The van der Waals surface area contributed by atoms with Gasteiger partial charge in [-0.1, -0.05) is 0 Å². The fraction of sp³-hybridized carbons (Fsp3) is 0.333. The van der Waals surface area contributed by atoms with Gasteiger partial charge in [-0.2, -0.15) is 0 Å². The fourth-order valence-corrected chi connectivity index (χ4v) is 1.98. The van der Waals surface area contributed by atoms with Crippen LogP contribution in [-0.4, -0.2) is 35.3 Å². The van der Waals surface area contributed by atoms with E-state index in [4.69, 9.17) is 4.74 Å². The number of halogens is 2. The first-order chi connectivity index (χ1) is 8.74. The zero-order valence-electron chi connectivity index (χ0n) is 9.44. The first-order valence-corrected chi connectivity index (χ1v) is 5.66. The van der Waals surface area contributed by atoms with Crippen molar-refractivity contribution in [3.8, 4) is 5.88 Å². The summed E-state index contributed by atoms with van der Waals surface area (Å²) in [6.07, 6.45) is -0.347. The largest absolute Gasteiger partial charge is 0.469 e. The number of aromatic nitrogens is 2. The van der Waals surface area contributed by atoms with Crippen molar-refractivity contribution in [1.29, 1.82) is 0 Å². The van der Waals surface area contributed by atoms with E-state index in [0.717, 1.165) is 0 Å². The summed E-state index contributed by atoms with van der Waals surface area (Å²) in [6, 6.07) is 4.15. The lowest BCUT2D eigenvalue weighted by Crippen LogP contribution is -2.27. The van der Waals surface area contributed by atoms with Crippen LogP contribution in [0.2, 0.25) is 0 Å². The van der Waals surface area contributed by atoms with E-state index in [1.165, 1.54) is 18.5 Å². The van der Waals surface area contributed by atoms with Crippen molar-refractivity contribution in [2.45, 2.75) is 12.3 Å². The molecule has 6 heteroatoms. The fourth-order valence-electron chi connectivity index (χ4n) is 1.98. The van der Waals surface area contributed by atoms with Crippen LogP contribution in [0.25, 0.3) is 10.9 Å². The second-order valence-electron chi connectivity index (χ2n) is 4.17. The molecular formula is C12H11F2N3O. The molecule has 1 aliphatic rings. The Kier molecular flexibility index (Phi) is 2.79. The van der Waals surface area contributed by atoms with E-state index in [1.54, 1.807) is 6.07 Å². The number of hydrogen-bond donors (Lipinski definition) is 1. The number of ether oxygens (including phenoxy) is 1. The van der Waals surface area contributed by atoms with E-state index in [9.17, 15) is 8.78 Å². The first-order valence-electron chi connectivity index (χ1n) is 5.66. The van der Waals surface area contributed by atoms with Crippen LogP contribution in [-0.2, 0) is 0 Å². The van der Waals surface area contributed by atoms with Crippen molar-refractivity contribution in [2.75, 3.05) is 13.1 Å². The highest BCUT2D eigenvalue weighted by Crippen LogP contribution is 2.24. The lowest BCUT2D eigenvalue weighted by Gasteiger charge is -2.15. The second kappa shape index (κ2) is 4.45. The summed E-state index contributed by atoms with van der Waals surface area (Å²) < 4.78 is 32.2. The Balaban J connectivity index is 1.98. The molecular weight excluding hydrogens is 240 g/mol. The van der Waals surface area contributed by atoms with Gasteiger partial charge in [0.1, 0.15) is 18.2 Å². The molecule has 2 heterocycles. The summed E-state index contributed by atoms with van der Waals surface area (Å²) in [5.74, 6) is -0.181. The third-order valence-electron chi connectivity index (χ3n) is 2.91. The zero-order chi connectivity index (χ0) is 12.5. The van der Waals surface area contributed by atoms with Gasteiger partial charge in [-0.15, -0.1) is 0 Å². The minimum absolute atomic E-state index is 0.218. The zero-order valence-corrected chi connectivity index (χ0v) is 9.44. The number of alkyl halides is 1. The van der Waals surface area contributed by atoms with Crippen LogP contribution in [0.3, 0.4) is 0 Å². The summed E-state index contributed by atoms with van der Waals surface area (Å²) >= 11 is 0. The van der Waals surface area contributed by atoms with Gasteiger partial charge in [0.25, 0.3) is 0 Å². The lowest BCUT2D eigenvalue weighted by atomic mass is 10.2. The van der Waals surface area contributed by atoms with Crippen LogP contribution < -0.4 is 10.1 Å². The molecule has 0 aliphatic carbocycles. The van der Waals surface area contributed by atoms with Crippen LogP contribution in [0.15, 0.2) is 24.5 Å². The summed E-state index contributed by atoms with van der Waals surface area (Å²) in [5, 5.41) is 3.34. The molecule has 0 spiro atoms. The monoisotopic (exact) mass is 251 g/mol. The van der Waals surface area contributed by atoms with Crippen LogP contribution in [0.4, 0.5) is 8.78 Å². The van der Waals surface area contributed by atoms with Crippen LogP contribution >= 0.6 is 0 Å². The molecule has 0 radical (unpaired) electrons. The lowest BCUT2D eigenvalue weighted by molar-refractivity contribution is 0.136. The van der Waals surface area contributed by atoms with Gasteiger partial charge < -0.3 is 10.1 Å². The normalized spacial score (nSPS) is 23.4. The average Bonchev–Trinajstić information content (AvgIpc) is 2.76. The van der Waals surface area contributed by atoms with Gasteiger partial charge in [-0.05, 0) is 18.2 Å². The maximum Gasteiger partial charge on any atom is 0.224 e. The molecule has 3 rings (SSSR count). The van der Waals surface area contributed by atoms with Crippen molar-refractivity contribution < 1.29 is 13.5 Å². The molecule has 0 amide bonds. The topological polar surface area (TPSA) is 47.0 Å². The van der Waals surface area contributed by atoms with Crippen LogP contribution in [0.5, 0.6) is 5.88 Å². The molecule has 2 atom stereocenters. The minimum Gasteiger partial charge on any atom is -0.469 e. The highest BCUT2D eigenvalue weighted by Gasteiger charge is 2.29. The van der Waals surface area contributed by atoms with Crippen LogP contribution in [0, 0.1) is 5.82 Å². The van der Waals surface area contributed by atoms with Gasteiger partial charge in [0, 0.05) is 13.1 Å². The van der Waals surface area contributed by atoms with Gasteiger partial charge in [0.05, 0.1) is 10.9 Å². The Morgan fingerprint density at radius 1 is 1.28 bits per heavy atom. The molecule has 0 saturated carbocycles. The van der Waals surface area contributed by atoms with Crippen molar-refractivity contribution in [3.05, 3.63) is 30.3 Å². The third kappa shape index (κ3) is 1.99. The molecule has 4 nitrogen and oxygen atoms in total. The summed E-state index contributed by atoms with van der Waals surface area (Å²) in [5.41, 5.74) is 0.572. The average molecular weight is 251 g/mol. The maximum absolute atomic E-state index is 13.4. The molecule has 1 aliphatic heterocycles. The predicted molar refractivity (Wildman–Crippen MR) is 61.7 cm³/mol. The van der Waals surface area contributed by atoms with E-state index in [0.29, 0.717) is 17.4 Å². The highest BCUT2D eigenvalue weighted by molar-refractivity contribution is 5.83. The molecule has 18 heavy (non-hydrogen) atoms. The molecule has 1 fully saturated rings. The molecule has 1 aromatic carbocycles. The maximum atomic E-state index is 13.4. The molecule has 1 saturated heterocycles. The Labute approximate surface area is 102 Å². The van der Waals surface area contributed by atoms with Crippen molar-refractivity contribution in [3.63, 3.8) is 0 Å². The van der Waals surface area contributed by atoms with Crippen LogP contribution in [0.1, 0.15) is 0 Å². The highest BCUT2D eigenvalue weighted by atomic mass is 19.1. The van der Waals surface area contributed by atoms with Crippen molar-refractivity contribution in [2.24, 2.45) is 0 Å². The van der Waals surface area contributed by atoms with E-state index < -0.39 is 18.1 Å². The number of nitrogens with zero attached hydrogens (tertiary/aromatic N) is 2. The quantitative estimate of drug-likeness (QED) is 0.877. The first kappa shape index (κ1) is 11.3. The van der Waals surface area contributed by atoms with Gasteiger partial charge in [-0.25, -0.2) is 18.7 Å². The van der Waals surface area contributed by atoms with Gasteiger partial charge in [0.2, 0.25) is 5.88 Å². The Bertz CT molecular complexity index is 578. The van der Waals surface area contributed by atoms with E-state index in [-0.39, 0.29) is 12.4 Å². The van der Waals surface area contributed by atoms with Crippen molar-refractivity contribution >= 4 is 10.9 Å². The molecule has 94 valence electrons.